The number of aryl methyl sites for hydroxylation is 11. The van der Waals surface area contributed by atoms with E-state index in [0.29, 0.717) is 35.3 Å². The number of furan rings is 4. The Hall–Kier alpha value is -10.7. The van der Waals surface area contributed by atoms with E-state index in [4.69, 9.17) is 27.6 Å². The highest BCUT2D eigenvalue weighted by atomic mass is 16.4. The molecule has 0 amide bonds. The van der Waals surface area contributed by atoms with Crippen molar-refractivity contribution in [1.82, 2.24) is 19.9 Å². The van der Waals surface area contributed by atoms with Crippen LogP contribution in [0.1, 0.15) is 198 Å². The van der Waals surface area contributed by atoms with Gasteiger partial charge in [0.1, 0.15) is 28.2 Å². The molecular weight excluding hydrogens is 1320 g/mol. The molecule has 0 spiro atoms. The van der Waals surface area contributed by atoms with E-state index >= 15 is 0 Å². The zero-order valence-electron chi connectivity index (χ0n) is 66.2. The minimum absolute atomic E-state index is 0.380. The summed E-state index contributed by atoms with van der Waals surface area (Å²) < 4.78 is 34.1. The van der Waals surface area contributed by atoms with Gasteiger partial charge in [0, 0.05) is 118 Å². The number of aromatic nitrogens is 8. The molecule has 17 rings (SSSR count). The summed E-state index contributed by atoms with van der Waals surface area (Å²) in [4.78, 5) is 19.0. The molecular formula is C95H104N8O4+4. The molecule has 12 heterocycles. The van der Waals surface area contributed by atoms with Crippen LogP contribution in [0.3, 0.4) is 0 Å². The summed E-state index contributed by atoms with van der Waals surface area (Å²) in [5.74, 6) is 2.49. The van der Waals surface area contributed by atoms with Crippen molar-refractivity contribution in [3.05, 3.63) is 238 Å². The Bertz CT molecular complexity index is 6050. The Kier molecular flexibility index (Phi) is 20.7. The highest BCUT2D eigenvalue weighted by Crippen LogP contribution is 2.43. The lowest BCUT2D eigenvalue weighted by molar-refractivity contribution is -0.661. The second-order valence-electron chi connectivity index (χ2n) is 31.2. The first kappa shape index (κ1) is 73.2. The van der Waals surface area contributed by atoms with Crippen molar-refractivity contribution in [2.45, 2.75) is 178 Å². The van der Waals surface area contributed by atoms with Gasteiger partial charge in [-0.05, 0) is 179 Å². The molecule has 0 atom stereocenters. The van der Waals surface area contributed by atoms with Gasteiger partial charge in [0.15, 0.2) is 47.1 Å². The van der Waals surface area contributed by atoms with E-state index in [9.17, 15) is 0 Å². The molecule has 12 nitrogen and oxygen atoms in total. The minimum atomic E-state index is 0.380. The first-order valence-electron chi connectivity index (χ1n) is 38.7. The number of hydrogen-bond acceptors (Lipinski definition) is 8. The summed E-state index contributed by atoms with van der Waals surface area (Å²) in [7, 11) is 8.44. The van der Waals surface area contributed by atoms with Crippen LogP contribution in [0.2, 0.25) is 0 Å². The fourth-order valence-electron chi connectivity index (χ4n) is 15.7. The van der Waals surface area contributed by atoms with Gasteiger partial charge in [0.25, 0.3) is 0 Å². The van der Waals surface area contributed by atoms with Crippen molar-refractivity contribution in [3.8, 4) is 45.0 Å². The molecule has 1 saturated carbocycles. The van der Waals surface area contributed by atoms with Gasteiger partial charge in [-0.2, -0.15) is 0 Å². The third-order valence-corrected chi connectivity index (χ3v) is 22.2. The topological polar surface area (TPSA) is 120 Å². The second-order valence-corrected chi connectivity index (χ2v) is 31.2. The first-order chi connectivity index (χ1) is 51.5. The molecule has 4 aromatic carbocycles. The standard InChI is InChI=1S/C26H29N2O.C24H27N2O.C23H25N2O.C22H23N2O/c1-4-18-11-15-23(28(3)16-18)24-17(2)10-12-20-21-13-14-22(19-8-6-5-7-9-19)27-26(21)29-25(20)24;1-14(2)17-8-12-21(26(6)13-17)22-16(5)7-9-18-19-10-11-20(15(3)4)25-24(19)27-23(18)22;1-6-17-9-11-19-18-10-7-15(4)21(22(18)26-23(19)24-17)20-12-8-16(14(2)3)13-25(20)5;1-13(2)16-8-11-19(24(5)12-16)20-14(3)6-9-17-18-10-7-15(4)23-22(18)25-21(17)20/h10-16,19H,4-9H2,1-3H3;7-15H,1-6H3;7-14H,6H2,1-5H3;6-13H,1-5H3/q4*+1. The van der Waals surface area contributed by atoms with E-state index in [1.807, 2.05) is 13.0 Å². The maximum Gasteiger partial charge on any atom is 0.227 e. The Morgan fingerprint density at radius 2 is 0.692 bits per heavy atom. The second kappa shape index (κ2) is 30.3. The first-order valence-corrected chi connectivity index (χ1v) is 38.7. The van der Waals surface area contributed by atoms with Gasteiger partial charge < -0.3 is 17.7 Å². The Morgan fingerprint density at radius 3 is 1.07 bits per heavy atom. The van der Waals surface area contributed by atoms with Crippen LogP contribution in [0.15, 0.2) is 188 Å². The number of hydrogen-bond donors (Lipinski definition) is 0. The predicted octanol–water partition coefficient (Wildman–Crippen LogP) is 23.1. The third kappa shape index (κ3) is 14.2. The summed E-state index contributed by atoms with van der Waals surface area (Å²) in [6, 6.07) is 52.1. The maximum atomic E-state index is 6.44. The zero-order valence-corrected chi connectivity index (χ0v) is 66.2. The van der Waals surface area contributed by atoms with Crippen molar-refractivity contribution < 1.29 is 35.9 Å². The lowest BCUT2D eigenvalue weighted by Gasteiger charge is -2.20. The number of rotatable bonds is 11. The van der Waals surface area contributed by atoms with Gasteiger partial charge in [-0.1, -0.05) is 137 Å². The summed E-state index contributed by atoms with van der Waals surface area (Å²) in [6.07, 6.45) is 17.3. The van der Waals surface area contributed by atoms with Crippen LogP contribution in [-0.2, 0) is 41.0 Å². The largest absolute Gasteiger partial charge is 0.437 e. The van der Waals surface area contributed by atoms with Crippen molar-refractivity contribution >= 4 is 88.3 Å². The predicted molar refractivity (Wildman–Crippen MR) is 437 cm³/mol. The van der Waals surface area contributed by atoms with E-state index in [0.717, 1.165) is 146 Å². The highest BCUT2D eigenvalue weighted by Gasteiger charge is 2.28. The van der Waals surface area contributed by atoms with Crippen LogP contribution in [-0.4, -0.2) is 19.9 Å². The summed E-state index contributed by atoms with van der Waals surface area (Å²) >= 11 is 0. The molecule has 0 unspecified atom stereocenters. The van der Waals surface area contributed by atoms with Crippen molar-refractivity contribution in [2.24, 2.45) is 28.2 Å². The lowest BCUT2D eigenvalue weighted by atomic mass is 9.86. The van der Waals surface area contributed by atoms with E-state index < -0.39 is 0 Å². The molecule has 12 aromatic heterocycles. The van der Waals surface area contributed by atoms with E-state index in [2.05, 4.69) is 318 Å². The van der Waals surface area contributed by atoms with Gasteiger partial charge in [0.05, 0.1) is 22.3 Å². The van der Waals surface area contributed by atoms with Gasteiger partial charge in [-0.25, -0.2) is 38.2 Å². The number of pyridine rings is 8. The van der Waals surface area contributed by atoms with Crippen molar-refractivity contribution in [1.29, 1.82) is 0 Å². The molecule has 107 heavy (non-hydrogen) atoms. The quantitative estimate of drug-likeness (QED) is 0.117. The molecule has 544 valence electrons. The molecule has 0 radical (unpaired) electrons. The number of benzene rings is 4. The number of nitrogens with zero attached hydrogens (tertiary/aromatic N) is 8. The Balaban J connectivity index is 0.000000120. The van der Waals surface area contributed by atoms with Gasteiger partial charge in [-0.15, -0.1) is 0 Å². The molecule has 16 aromatic rings. The average molecular weight is 1420 g/mol. The fraction of sp³-hybridized carbons (Fsp3) is 0.326. The van der Waals surface area contributed by atoms with Crippen LogP contribution >= 0.6 is 0 Å². The smallest absolute Gasteiger partial charge is 0.227 e. The SMILES string of the molecule is CCc1ccc(-c2c(C)ccc3c2oc2nc(C4CCCCC4)ccc23)[n+](C)c1.CCc1ccc2c(n1)oc1c(-c3ccc(C(C)C)c[n+]3C)c(C)ccc12.Cc1ccc2c(n1)oc1c(-c3ccc(C(C)C)c[n+]3C)c(C)ccc12.Cc1ccc2c(oc3nc(C(C)C)ccc32)c1-c1ccc(C(C)C)c[n+]1C. The molecule has 0 N–H and O–H groups in total. The minimum Gasteiger partial charge on any atom is -0.437 e. The summed E-state index contributed by atoms with van der Waals surface area (Å²) in [5.41, 5.74) is 30.4. The molecule has 1 aliphatic rings. The van der Waals surface area contributed by atoms with Gasteiger partial charge in [-0.3, -0.25) is 0 Å². The number of fused-ring (bicyclic) bond motifs is 12. The molecule has 1 fully saturated rings. The van der Waals surface area contributed by atoms with Crippen LogP contribution in [0, 0.1) is 34.6 Å². The average Bonchev–Trinajstić information content (AvgIpc) is 1.64. The van der Waals surface area contributed by atoms with E-state index in [1.165, 1.54) is 93.6 Å². The van der Waals surface area contributed by atoms with Gasteiger partial charge >= 0.3 is 0 Å². The van der Waals surface area contributed by atoms with Crippen LogP contribution in [0.4, 0.5) is 0 Å². The molecule has 0 saturated heterocycles. The molecule has 0 bridgehead atoms. The molecule has 1 aliphatic carbocycles. The maximum absolute atomic E-state index is 6.44. The normalized spacial score (nSPS) is 12.8. The highest BCUT2D eigenvalue weighted by molar-refractivity contribution is 6.12. The van der Waals surface area contributed by atoms with E-state index in [1.54, 1.807) is 0 Å². The summed E-state index contributed by atoms with van der Waals surface area (Å²) in [6.45, 7) is 32.5. The Morgan fingerprint density at radius 1 is 0.336 bits per heavy atom. The van der Waals surface area contributed by atoms with Crippen molar-refractivity contribution in [3.63, 3.8) is 0 Å². The third-order valence-electron chi connectivity index (χ3n) is 22.2. The molecule has 12 heteroatoms. The van der Waals surface area contributed by atoms with Crippen molar-refractivity contribution in [2.75, 3.05) is 0 Å². The lowest BCUT2D eigenvalue weighted by Crippen LogP contribution is -2.31. The monoisotopic (exact) mass is 1420 g/mol. The van der Waals surface area contributed by atoms with Gasteiger partial charge in [0.2, 0.25) is 45.6 Å². The van der Waals surface area contributed by atoms with Crippen LogP contribution in [0.25, 0.3) is 133 Å². The van der Waals surface area contributed by atoms with Crippen LogP contribution < -0.4 is 18.3 Å². The summed E-state index contributed by atoms with van der Waals surface area (Å²) in [5, 5.41) is 8.89. The molecule has 0 aliphatic heterocycles. The zero-order chi connectivity index (χ0) is 75.4. The fourth-order valence-corrected chi connectivity index (χ4v) is 15.7. The van der Waals surface area contributed by atoms with E-state index in [-0.39, 0.29) is 0 Å². The van der Waals surface area contributed by atoms with Crippen LogP contribution in [0.5, 0.6) is 0 Å². The Labute approximate surface area is 629 Å².